The maximum Gasteiger partial charge on any atom is 0.256 e. The van der Waals surface area contributed by atoms with E-state index in [4.69, 9.17) is 4.74 Å². The number of rotatable bonds is 0. The maximum atomic E-state index is 9.47. The van der Waals surface area contributed by atoms with Crippen molar-refractivity contribution in [2.24, 2.45) is 0 Å². The fraction of sp³-hybridized carbons (Fsp3) is 0. The molecule has 0 amide bonds. The number of fused-ring (bicyclic) bond motifs is 8. The SMILES string of the molecule is N#Cc1ccc2c(c1)B1c3ccccc3-n3c4ccccc4c4ccc(c1c43)O2. The van der Waals surface area contributed by atoms with E-state index in [9.17, 15) is 5.26 Å². The van der Waals surface area contributed by atoms with Crippen LogP contribution in [-0.2, 0) is 0 Å². The average molecular weight is 368 g/mol. The van der Waals surface area contributed by atoms with Crippen molar-refractivity contribution < 1.29 is 4.74 Å². The van der Waals surface area contributed by atoms with E-state index in [1.54, 1.807) is 0 Å². The number of ether oxygens (including phenoxy) is 1. The minimum absolute atomic E-state index is 0.0544. The van der Waals surface area contributed by atoms with Gasteiger partial charge in [-0.3, -0.25) is 0 Å². The van der Waals surface area contributed by atoms with Crippen molar-refractivity contribution in [3.63, 3.8) is 0 Å². The van der Waals surface area contributed by atoms with Gasteiger partial charge in [0.05, 0.1) is 22.7 Å². The number of aromatic nitrogens is 1. The highest BCUT2D eigenvalue weighted by Gasteiger charge is 2.40. The Kier molecular flexibility index (Phi) is 2.64. The third-order valence-electron chi connectivity index (χ3n) is 6.28. The Balaban J connectivity index is 1.73. The molecule has 3 heterocycles. The summed E-state index contributed by atoms with van der Waals surface area (Å²) >= 11 is 0. The van der Waals surface area contributed by atoms with Crippen LogP contribution in [0.5, 0.6) is 11.5 Å². The van der Waals surface area contributed by atoms with Gasteiger partial charge in [0, 0.05) is 16.5 Å². The Morgan fingerprint density at radius 3 is 2.55 bits per heavy atom. The highest BCUT2D eigenvalue weighted by atomic mass is 16.5. The highest BCUT2D eigenvalue weighted by Crippen LogP contribution is 2.38. The number of benzene rings is 4. The van der Waals surface area contributed by atoms with E-state index in [0.29, 0.717) is 5.56 Å². The lowest BCUT2D eigenvalue weighted by atomic mass is 9.34. The van der Waals surface area contributed by atoms with Gasteiger partial charge in [-0.15, -0.1) is 0 Å². The number of nitriles is 1. The first-order chi connectivity index (χ1) is 14.3. The van der Waals surface area contributed by atoms with Crippen LogP contribution in [0.4, 0.5) is 0 Å². The van der Waals surface area contributed by atoms with Crippen LogP contribution in [0, 0.1) is 11.3 Å². The smallest absolute Gasteiger partial charge is 0.256 e. The van der Waals surface area contributed by atoms with E-state index in [1.807, 2.05) is 18.2 Å². The van der Waals surface area contributed by atoms with Crippen molar-refractivity contribution in [1.29, 1.82) is 5.26 Å². The largest absolute Gasteiger partial charge is 0.458 e. The molecule has 0 bridgehead atoms. The molecule has 0 unspecified atom stereocenters. The van der Waals surface area contributed by atoms with E-state index < -0.39 is 0 Å². The summed E-state index contributed by atoms with van der Waals surface area (Å²) < 4.78 is 8.71. The number of hydrogen-bond acceptors (Lipinski definition) is 2. The quantitative estimate of drug-likeness (QED) is 0.384. The fourth-order valence-electron chi connectivity index (χ4n) is 5.15. The predicted molar refractivity (Wildman–Crippen MR) is 117 cm³/mol. The summed E-state index contributed by atoms with van der Waals surface area (Å²) in [6, 6.07) is 29.4. The van der Waals surface area contributed by atoms with Crippen molar-refractivity contribution in [3.8, 4) is 23.3 Å². The maximum absolute atomic E-state index is 9.47. The molecule has 4 heteroatoms. The van der Waals surface area contributed by atoms with Crippen LogP contribution in [0.3, 0.4) is 0 Å². The molecule has 2 aliphatic rings. The third-order valence-corrected chi connectivity index (χ3v) is 6.28. The van der Waals surface area contributed by atoms with Gasteiger partial charge in [-0.1, -0.05) is 36.4 Å². The van der Waals surface area contributed by atoms with Crippen LogP contribution in [0.25, 0.3) is 27.5 Å². The molecule has 4 aromatic carbocycles. The van der Waals surface area contributed by atoms with Gasteiger partial charge < -0.3 is 9.30 Å². The summed E-state index contributed by atoms with van der Waals surface area (Å²) in [7, 11) is 0. The summed E-state index contributed by atoms with van der Waals surface area (Å²) in [6.07, 6.45) is 0. The lowest BCUT2D eigenvalue weighted by Crippen LogP contribution is -2.58. The Morgan fingerprint density at radius 2 is 1.62 bits per heavy atom. The first-order valence-electron chi connectivity index (χ1n) is 9.72. The fourth-order valence-corrected chi connectivity index (χ4v) is 5.15. The second kappa shape index (κ2) is 5.09. The van der Waals surface area contributed by atoms with Crippen molar-refractivity contribution in [1.82, 2.24) is 4.57 Å². The molecule has 0 spiro atoms. The molecule has 2 aliphatic heterocycles. The van der Waals surface area contributed by atoms with E-state index in [0.717, 1.165) is 17.0 Å². The molecule has 7 rings (SSSR count). The summed E-state index contributed by atoms with van der Waals surface area (Å²) in [4.78, 5) is 0. The highest BCUT2D eigenvalue weighted by molar-refractivity contribution is 6.99. The van der Waals surface area contributed by atoms with Gasteiger partial charge in [0.25, 0.3) is 6.71 Å². The molecule has 0 radical (unpaired) electrons. The van der Waals surface area contributed by atoms with Gasteiger partial charge in [-0.2, -0.15) is 5.26 Å². The van der Waals surface area contributed by atoms with Crippen LogP contribution in [0.1, 0.15) is 5.56 Å². The average Bonchev–Trinajstić information content (AvgIpc) is 3.12. The molecule has 5 aromatic rings. The Morgan fingerprint density at radius 1 is 0.793 bits per heavy atom. The van der Waals surface area contributed by atoms with Crippen molar-refractivity contribution in [2.75, 3.05) is 0 Å². The van der Waals surface area contributed by atoms with E-state index >= 15 is 0 Å². The van der Waals surface area contributed by atoms with E-state index in [2.05, 4.69) is 71.3 Å². The summed E-state index contributed by atoms with van der Waals surface area (Å²) in [5, 5.41) is 12.0. The molecule has 132 valence electrons. The van der Waals surface area contributed by atoms with Gasteiger partial charge in [-0.05, 0) is 58.9 Å². The molecule has 29 heavy (non-hydrogen) atoms. The number of para-hydroxylation sites is 2. The molecule has 0 saturated carbocycles. The van der Waals surface area contributed by atoms with Crippen LogP contribution in [0.15, 0.2) is 78.9 Å². The Hall–Kier alpha value is -3.97. The van der Waals surface area contributed by atoms with Crippen LogP contribution in [-0.4, -0.2) is 11.3 Å². The number of nitrogens with zero attached hydrogens (tertiary/aromatic N) is 2. The Labute approximate surface area is 167 Å². The van der Waals surface area contributed by atoms with Gasteiger partial charge in [0.1, 0.15) is 11.5 Å². The second-order valence-corrected chi connectivity index (χ2v) is 7.68. The molecule has 0 atom stereocenters. The Bertz CT molecular complexity index is 1560. The van der Waals surface area contributed by atoms with E-state index in [1.165, 1.54) is 38.4 Å². The van der Waals surface area contributed by atoms with Crippen LogP contribution >= 0.6 is 0 Å². The van der Waals surface area contributed by atoms with Crippen molar-refractivity contribution >= 4 is 44.9 Å². The monoisotopic (exact) mass is 368 g/mol. The normalized spacial score (nSPS) is 13.0. The lowest BCUT2D eigenvalue weighted by molar-refractivity contribution is 0.488. The molecular weight excluding hydrogens is 355 g/mol. The number of hydrogen-bond donors (Lipinski definition) is 0. The van der Waals surface area contributed by atoms with Crippen molar-refractivity contribution in [2.45, 2.75) is 0 Å². The minimum Gasteiger partial charge on any atom is -0.458 e. The molecule has 3 nitrogen and oxygen atoms in total. The molecule has 0 fully saturated rings. The first kappa shape index (κ1) is 15.0. The molecule has 1 aromatic heterocycles. The van der Waals surface area contributed by atoms with Crippen molar-refractivity contribution in [3.05, 3.63) is 84.4 Å². The molecule has 0 saturated heterocycles. The zero-order valence-corrected chi connectivity index (χ0v) is 15.4. The molecular formula is C25H13BN2O. The summed E-state index contributed by atoms with van der Waals surface area (Å²) in [5.41, 5.74) is 7.77. The topological polar surface area (TPSA) is 38.0 Å². The summed E-state index contributed by atoms with van der Waals surface area (Å²) in [5.74, 6) is 1.73. The molecule has 0 aliphatic carbocycles. The lowest BCUT2D eigenvalue weighted by Gasteiger charge is -2.32. The summed E-state index contributed by atoms with van der Waals surface area (Å²) in [6.45, 7) is 0.0544. The van der Waals surface area contributed by atoms with E-state index in [-0.39, 0.29) is 6.71 Å². The zero-order valence-electron chi connectivity index (χ0n) is 15.4. The molecule has 0 N–H and O–H groups in total. The van der Waals surface area contributed by atoms with Gasteiger partial charge in [0.2, 0.25) is 0 Å². The van der Waals surface area contributed by atoms with Gasteiger partial charge in [0.15, 0.2) is 0 Å². The third kappa shape index (κ3) is 1.73. The van der Waals surface area contributed by atoms with Gasteiger partial charge in [-0.25, -0.2) is 0 Å². The minimum atomic E-state index is 0.0544. The van der Waals surface area contributed by atoms with Crippen LogP contribution < -0.4 is 21.1 Å². The standard InChI is InChI=1S/C25H13BN2O/c27-14-15-9-11-22-19(13-15)26-18-6-2-4-8-21(18)28-20-7-3-1-5-16(20)17-10-12-23(29-22)24(26)25(17)28/h1-13H. The first-order valence-corrected chi connectivity index (χ1v) is 9.72. The second-order valence-electron chi connectivity index (χ2n) is 7.68. The van der Waals surface area contributed by atoms with Crippen LogP contribution in [0.2, 0.25) is 0 Å². The van der Waals surface area contributed by atoms with Gasteiger partial charge >= 0.3 is 0 Å². The predicted octanol–water partition coefficient (Wildman–Crippen LogP) is 3.59. The zero-order chi connectivity index (χ0) is 19.1.